The van der Waals surface area contributed by atoms with Gasteiger partial charge in [-0.1, -0.05) is 18.1 Å². The van der Waals surface area contributed by atoms with Crippen LogP contribution in [0.15, 0.2) is 12.2 Å². The van der Waals surface area contributed by atoms with Crippen molar-refractivity contribution >= 4 is 17.3 Å². The Labute approximate surface area is 76.7 Å². The average Bonchev–Trinajstić information content (AvgIpc) is 2.11. The molecular formula is C9H11FOS. The summed E-state index contributed by atoms with van der Waals surface area (Å²) in [6, 6.07) is 0. The predicted molar refractivity (Wildman–Crippen MR) is 50.1 cm³/mol. The molecule has 0 saturated carbocycles. The van der Waals surface area contributed by atoms with E-state index in [9.17, 15) is 8.68 Å². The van der Waals surface area contributed by atoms with Gasteiger partial charge in [0.25, 0.3) is 0 Å². The molecule has 0 aliphatic rings. The zero-order valence-corrected chi connectivity index (χ0v) is 7.95. The van der Waals surface area contributed by atoms with E-state index in [0.717, 1.165) is 0 Å². The molecule has 0 radical (unpaired) electrons. The van der Waals surface area contributed by atoms with Crippen molar-refractivity contribution < 1.29 is 8.68 Å². The van der Waals surface area contributed by atoms with Crippen molar-refractivity contribution in [2.75, 3.05) is 0 Å². The third-order valence-corrected chi connectivity index (χ3v) is 1.72. The maximum Gasteiger partial charge on any atom is 0.236 e. The summed E-state index contributed by atoms with van der Waals surface area (Å²) in [5, 5.41) is -0.512. The molecule has 0 bridgehead atoms. The van der Waals surface area contributed by atoms with E-state index in [1.165, 1.54) is 0 Å². The molecule has 3 heteroatoms. The number of rotatable bonds is 3. The van der Waals surface area contributed by atoms with Crippen LogP contribution < -0.4 is 0 Å². The fourth-order valence-corrected chi connectivity index (χ4v) is 0.977. The Bertz CT molecular complexity index is 224. The molecule has 1 atom stereocenters. The lowest BCUT2D eigenvalue weighted by atomic mass is 10.1. The standard InChI is InChI=1S/C9H11FOS/c1-3-5-7-8(6-4-2)9(11)12-10/h3,5,8H,7H2,1-2H3/b5-3+. The average molecular weight is 186 g/mol. The fourth-order valence-electron chi connectivity index (χ4n) is 0.714. The van der Waals surface area contributed by atoms with Crippen molar-refractivity contribution in [3.05, 3.63) is 12.2 Å². The van der Waals surface area contributed by atoms with Crippen LogP contribution in [0.1, 0.15) is 20.3 Å². The third-order valence-electron chi connectivity index (χ3n) is 1.29. The van der Waals surface area contributed by atoms with Crippen LogP contribution in [-0.4, -0.2) is 5.12 Å². The summed E-state index contributed by atoms with van der Waals surface area (Å²) in [4.78, 5) is 10.9. The Morgan fingerprint density at radius 3 is 2.83 bits per heavy atom. The second-order valence-electron chi connectivity index (χ2n) is 2.15. The number of carbonyl (C=O) groups is 1. The largest absolute Gasteiger partial charge is 0.283 e. The normalized spacial score (nSPS) is 12.2. The number of allylic oxidation sites excluding steroid dienone is 2. The number of carbonyl (C=O) groups excluding carboxylic acids is 1. The molecule has 0 saturated heterocycles. The summed E-state index contributed by atoms with van der Waals surface area (Å²) in [6.07, 6.45) is 4.12. The van der Waals surface area contributed by atoms with E-state index in [1.54, 1.807) is 6.92 Å². The van der Waals surface area contributed by atoms with Gasteiger partial charge in [0.1, 0.15) is 12.1 Å². The van der Waals surface area contributed by atoms with Gasteiger partial charge in [-0.2, -0.15) is 3.89 Å². The minimum atomic E-state index is -0.512. The van der Waals surface area contributed by atoms with Crippen molar-refractivity contribution in [1.82, 2.24) is 0 Å². The molecule has 0 spiro atoms. The molecule has 0 fully saturated rings. The molecule has 0 rings (SSSR count). The van der Waals surface area contributed by atoms with Crippen LogP contribution in [0.3, 0.4) is 0 Å². The van der Waals surface area contributed by atoms with E-state index in [1.807, 2.05) is 19.1 Å². The Kier molecular flexibility index (Phi) is 6.50. The minimum Gasteiger partial charge on any atom is -0.283 e. The van der Waals surface area contributed by atoms with E-state index in [4.69, 9.17) is 0 Å². The lowest BCUT2D eigenvalue weighted by molar-refractivity contribution is -0.113. The Morgan fingerprint density at radius 2 is 2.42 bits per heavy atom. The van der Waals surface area contributed by atoms with Gasteiger partial charge in [0.05, 0.1) is 5.92 Å². The highest BCUT2D eigenvalue weighted by atomic mass is 32.2. The zero-order valence-electron chi connectivity index (χ0n) is 7.13. The van der Waals surface area contributed by atoms with Crippen LogP contribution in [0.5, 0.6) is 0 Å². The number of hydrogen-bond donors (Lipinski definition) is 0. The molecule has 0 aliphatic carbocycles. The summed E-state index contributed by atoms with van der Waals surface area (Å²) < 4.78 is 11.9. The molecule has 66 valence electrons. The quantitative estimate of drug-likeness (QED) is 0.498. The highest BCUT2D eigenvalue weighted by molar-refractivity contribution is 8.09. The Morgan fingerprint density at radius 1 is 1.75 bits per heavy atom. The Hall–Kier alpha value is -0.750. The predicted octanol–water partition coefficient (Wildman–Crippen LogP) is 2.74. The third kappa shape index (κ3) is 4.20. The highest BCUT2D eigenvalue weighted by Crippen LogP contribution is 2.15. The molecule has 0 amide bonds. The summed E-state index contributed by atoms with van der Waals surface area (Å²) in [6.45, 7) is 3.49. The molecule has 1 nitrogen and oxygen atoms in total. The summed E-state index contributed by atoms with van der Waals surface area (Å²) in [5.41, 5.74) is 0. The maximum atomic E-state index is 11.9. The van der Waals surface area contributed by atoms with Gasteiger partial charge in [0.15, 0.2) is 0 Å². The van der Waals surface area contributed by atoms with Gasteiger partial charge in [-0.15, -0.1) is 5.92 Å². The van der Waals surface area contributed by atoms with Gasteiger partial charge in [-0.3, -0.25) is 4.79 Å². The van der Waals surface area contributed by atoms with Crippen LogP contribution in [-0.2, 0) is 4.79 Å². The van der Waals surface area contributed by atoms with Gasteiger partial charge in [-0.25, -0.2) is 0 Å². The van der Waals surface area contributed by atoms with E-state index >= 15 is 0 Å². The summed E-state index contributed by atoms with van der Waals surface area (Å²) in [7, 11) is 0. The minimum absolute atomic E-state index is 0.252. The van der Waals surface area contributed by atoms with Crippen molar-refractivity contribution in [2.24, 2.45) is 5.92 Å². The topological polar surface area (TPSA) is 17.1 Å². The molecule has 0 N–H and O–H groups in total. The summed E-state index contributed by atoms with van der Waals surface area (Å²) >= 11 is -0.252. The monoisotopic (exact) mass is 186 g/mol. The maximum absolute atomic E-state index is 11.9. The van der Waals surface area contributed by atoms with Gasteiger partial charge < -0.3 is 0 Å². The number of halogens is 1. The van der Waals surface area contributed by atoms with Crippen LogP contribution in [0.25, 0.3) is 0 Å². The molecule has 0 heterocycles. The SMILES string of the molecule is CC#CC(C/C=C/C)C(=O)SF. The molecule has 0 aromatic rings. The van der Waals surface area contributed by atoms with Crippen molar-refractivity contribution in [3.8, 4) is 11.8 Å². The second kappa shape index (κ2) is 6.93. The van der Waals surface area contributed by atoms with E-state index in [2.05, 4.69) is 11.8 Å². The summed E-state index contributed by atoms with van der Waals surface area (Å²) in [5.74, 6) is 4.76. The van der Waals surface area contributed by atoms with Gasteiger partial charge in [0.2, 0.25) is 5.12 Å². The molecule has 0 aromatic carbocycles. The van der Waals surface area contributed by atoms with Gasteiger partial charge in [0, 0.05) is 0 Å². The fraction of sp³-hybridized carbons (Fsp3) is 0.444. The molecule has 12 heavy (non-hydrogen) atoms. The first-order chi connectivity index (χ1) is 5.76. The Balaban J connectivity index is 4.19. The lowest BCUT2D eigenvalue weighted by Crippen LogP contribution is -2.06. The first-order valence-corrected chi connectivity index (χ1v) is 4.33. The first kappa shape index (κ1) is 11.2. The molecule has 0 aliphatic heterocycles. The van der Waals surface area contributed by atoms with Crippen LogP contribution in [0.4, 0.5) is 3.89 Å². The van der Waals surface area contributed by atoms with Crippen LogP contribution in [0, 0.1) is 17.8 Å². The van der Waals surface area contributed by atoms with E-state index in [-0.39, 0.29) is 12.1 Å². The van der Waals surface area contributed by atoms with Crippen molar-refractivity contribution in [2.45, 2.75) is 20.3 Å². The molecule has 1 unspecified atom stereocenters. The first-order valence-electron chi connectivity index (χ1n) is 3.62. The number of hydrogen-bond acceptors (Lipinski definition) is 2. The van der Waals surface area contributed by atoms with E-state index in [0.29, 0.717) is 6.42 Å². The smallest absolute Gasteiger partial charge is 0.236 e. The lowest BCUT2D eigenvalue weighted by Gasteiger charge is -2.00. The molecular weight excluding hydrogens is 175 g/mol. The van der Waals surface area contributed by atoms with E-state index < -0.39 is 11.0 Å². The highest BCUT2D eigenvalue weighted by Gasteiger charge is 2.14. The van der Waals surface area contributed by atoms with Crippen molar-refractivity contribution in [3.63, 3.8) is 0 Å². The van der Waals surface area contributed by atoms with Crippen LogP contribution >= 0.6 is 12.1 Å². The van der Waals surface area contributed by atoms with Crippen molar-refractivity contribution in [1.29, 1.82) is 0 Å². The second-order valence-corrected chi connectivity index (χ2v) is 2.70. The van der Waals surface area contributed by atoms with Gasteiger partial charge in [-0.05, 0) is 20.3 Å². The molecule has 0 aromatic heterocycles. The zero-order chi connectivity index (χ0) is 9.40. The van der Waals surface area contributed by atoms with Crippen LogP contribution in [0.2, 0.25) is 0 Å². The van der Waals surface area contributed by atoms with Gasteiger partial charge >= 0.3 is 0 Å².